The highest BCUT2D eigenvalue weighted by atomic mass is 79.9. The lowest BCUT2D eigenvalue weighted by Gasteiger charge is -2.32. The Morgan fingerprint density at radius 3 is 2.33 bits per heavy atom. The SMILES string of the molecule is C[Si](C)(C)CCOCN(COCC[Si](C)(C)C)c1c(Br)c(N2C=C3C(=O)NC(=O)N3CC2)nc2c(-c3cnc4ccccc4c3)cnn12. The Kier molecular flexibility index (Phi) is 9.77. The van der Waals surface area contributed by atoms with Crippen molar-refractivity contribution in [2.24, 2.45) is 0 Å². The lowest BCUT2D eigenvalue weighted by Crippen LogP contribution is -2.40. The summed E-state index contributed by atoms with van der Waals surface area (Å²) in [7, 11) is -2.62. The number of para-hydroxylation sites is 1. The molecule has 15 heteroatoms. The van der Waals surface area contributed by atoms with E-state index in [-0.39, 0.29) is 19.2 Å². The predicted molar refractivity (Wildman–Crippen MR) is 198 cm³/mol. The molecule has 2 aliphatic rings. The molecule has 1 saturated heterocycles. The summed E-state index contributed by atoms with van der Waals surface area (Å²) in [5.41, 5.74) is 3.49. The summed E-state index contributed by atoms with van der Waals surface area (Å²) in [4.78, 5) is 40.3. The van der Waals surface area contributed by atoms with Crippen LogP contribution in [0.25, 0.3) is 27.7 Å². The maximum absolute atomic E-state index is 12.7. The number of urea groups is 1. The molecule has 48 heavy (non-hydrogen) atoms. The zero-order chi connectivity index (χ0) is 34.2. The van der Waals surface area contributed by atoms with Gasteiger partial charge in [0.1, 0.15) is 23.6 Å². The summed E-state index contributed by atoms with van der Waals surface area (Å²) in [6, 6.07) is 11.7. The number of benzene rings is 1. The van der Waals surface area contributed by atoms with E-state index in [0.717, 1.165) is 34.1 Å². The summed E-state index contributed by atoms with van der Waals surface area (Å²) in [6.07, 6.45) is 5.34. The van der Waals surface area contributed by atoms with E-state index in [2.05, 4.69) is 66.6 Å². The van der Waals surface area contributed by atoms with Crippen LogP contribution in [-0.2, 0) is 14.3 Å². The van der Waals surface area contributed by atoms with Gasteiger partial charge in [0.05, 0.1) is 11.7 Å². The third-order valence-corrected chi connectivity index (χ3v) is 12.5. The number of imide groups is 1. The fraction of sp³-hybridized carbons (Fsp3) is 0.424. The van der Waals surface area contributed by atoms with Gasteiger partial charge in [0, 0.05) is 71.4 Å². The van der Waals surface area contributed by atoms with Gasteiger partial charge in [-0.15, -0.1) is 0 Å². The fourth-order valence-electron chi connectivity index (χ4n) is 5.50. The second kappa shape index (κ2) is 13.7. The minimum atomic E-state index is -1.31. The summed E-state index contributed by atoms with van der Waals surface area (Å²) < 4.78 is 15.1. The zero-order valence-corrected chi connectivity index (χ0v) is 32.0. The van der Waals surface area contributed by atoms with Crippen molar-refractivity contribution in [3.05, 3.63) is 59.1 Å². The standard InChI is InChI=1S/C33H43BrN8O4Si2/c1-47(2,3)15-13-45-21-40(22-46-14-16-48(4,5)6)32-28(34)30(39-11-12-41-27(20-39)31(43)38-33(41)44)37-29-25(19-36-42(29)32)24-17-23-9-7-8-10-26(23)35-18-24/h7-10,17-20H,11-16,21-22H2,1-6H3,(H,38,43,44). The van der Waals surface area contributed by atoms with E-state index >= 15 is 0 Å². The Bertz CT molecular complexity index is 1870. The van der Waals surface area contributed by atoms with E-state index in [4.69, 9.17) is 24.5 Å². The minimum Gasteiger partial charge on any atom is -0.361 e. The van der Waals surface area contributed by atoms with Crippen LogP contribution < -0.4 is 15.1 Å². The second-order valence-corrected chi connectivity index (χ2v) is 26.7. The smallest absolute Gasteiger partial charge is 0.329 e. The van der Waals surface area contributed by atoms with Crippen molar-refractivity contribution in [1.29, 1.82) is 0 Å². The molecule has 4 aromatic rings. The molecule has 0 bridgehead atoms. The lowest BCUT2D eigenvalue weighted by atomic mass is 10.1. The van der Waals surface area contributed by atoms with Crippen molar-refractivity contribution >= 4 is 72.2 Å². The number of ether oxygens (including phenoxy) is 2. The quantitative estimate of drug-likeness (QED) is 0.0722. The minimum absolute atomic E-state index is 0.285. The molecule has 3 amide bonds. The molecule has 1 N–H and O–H groups in total. The number of anilines is 2. The van der Waals surface area contributed by atoms with Crippen LogP contribution in [0, 0.1) is 0 Å². The summed E-state index contributed by atoms with van der Waals surface area (Å²) >= 11 is 3.89. The summed E-state index contributed by atoms with van der Waals surface area (Å²) in [5.74, 6) is 0.868. The maximum Gasteiger partial charge on any atom is 0.329 e. The van der Waals surface area contributed by atoms with Crippen molar-refractivity contribution in [2.45, 2.75) is 51.4 Å². The first kappa shape index (κ1) is 34.2. The van der Waals surface area contributed by atoms with Gasteiger partial charge in [-0.25, -0.2) is 9.78 Å². The Labute approximate surface area is 291 Å². The lowest BCUT2D eigenvalue weighted by molar-refractivity contribution is -0.116. The number of carbonyl (C=O) groups excluding carboxylic acids is 2. The number of carbonyl (C=O) groups is 2. The molecule has 12 nitrogen and oxygen atoms in total. The normalized spacial score (nSPS) is 15.4. The number of nitrogens with zero attached hydrogens (tertiary/aromatic N) is 7. The van der Waals surface area contributed by atoms with Crippen molar-refractivity contribution in [1.82, 2.24) is 29.8 Å². The highest BCUT2D eigenvalue weighted by molar-refractivity contribution is 9.10. The number of aromatic nitrogens is 4. The number of halogens is 1. The summed E-state index contributed by atoms with van der Waals surface area (Å²) in [6.45, 7) is 16.6. The highest BCUT2D eigenvalue weighted by Gasteiger charge is 2.37. The first-order valence-corrected chi connectivity index (χ1v) is 24.4. The molecule has 1 fully saturated rings. The topological polar surface area (TPSA) is 117 Å². The Morgan fingerprint density at radius 2 is 1.65 bits per heavy atom. The number of pyridine rings is 1. The molecular formula is C33H43BrN8O4Si2. The number of nitrogens with one attached hydrogen (secondary N) is 1. The van der Waals surface area contributed by atoms with Gasteiger partial charge >= 0.3 is 6.03 Å². The van der Waals surface area contributed by atoms with Crippen molar-refractivity contribution < 1.29 is 19.1 Å². The van der Waals surface area contributed by atoms with Gasteiger partial charge in [-0.2, -0.15) is 9.61 Å². The third kappa shape index (κ3) is 7.49. The van der Waals surface area contributed by atoms with E-state index in [1.54, 1.807) is 6.20 Å². The van der Waals surface area contributed by atoms with Crippen molar-refractivity contribution in [3.63, 3.8) is 0 Å². The van der Waals surface area contributed by atoms with Crippen LogP contribution >= 0.6 is 15.9 Å². The fourth-order valence-corrected chi connectivity index (χ4v) is 7.74. The van der Waals surface area contributed by atoms with E-state index in [1.807, 2.05) is 51.0 Å². The van der Waals surface area contributed by atoms with Gasteiger partial charge in [-0.1, -0.05) is 57.5 Å². The number of amides is 3. The molecule has 0 spiro atoms. The van der Waals surface area contributed by atoms with Gasteiger partial charge in [0.2, 0.25) is 0 Å². The molecule has 254 valence electrons. The molecule has 6 rings (SSSR count). The van der Waals surface area contributed by atoms with Gasteiger partial charge in [-0.05, 0) is 40.2 Å². The molecule has 3 aromatic heterocycles. The monoisotopic (exact) mass is 750 g/mol. The van der Waals surface area contributed by atoms with Crippen LogP contribution in [0.4, 0.5) is 16.4 Å². The first-order chi connectivity index (χ1) is 22.8. The van der Waals surface area contributed by atoms with Crippen LogP contribution in [0.2, 0.25) is 51.4 Å². The Morgan fingerprint density at radius 1 is 0.958 bits per heavy atom. The molecule has 0 atom stereocenters. The number of rotatable bonds is 13. The number of hydrogen-bond acceptors (Lipinski definition) is 9. The third-order valence-electron chi connectivity index (χ3n) is 8.34. The molecular weight excluding hydrogens is 708 g/mol. The van der Waals surface area contributed by atoms with Crippen LogP contribution in [0.3, 0.4) is 0 Å². The van der Waals surface area contributed by atoms with Crippen molar-refractivity contribution in [2.75, 3.05) is 49.6 Å². The molecule has 5 heterocycles. The zero-order valence-electron chi connectivity index (χ0n) is 28.4. The average Bonchev–Trinajstić information content (AvgIpc) is 3.58. The predicted octanol–water partition coefficient (Wildman–Crippen LogP) is 6.35. The van der Waals surface area contributed by atoms with Gasteiger partial charge in [-0.3, -0.25) is 20.0 Å². The van der Waals surface area contributed by atoms with E-state index in [0.29, 0.717) is 48.1 Å². The highest BCUT2D eigenvalue weighted by Crippen LogP contribution is 2.39. The van der Waals surface area contributed by atoms with Crippen molar-refractivity contribution in [3.8, 4) is 11.1 Å². The number of hydrogen-bond donors (Lipinski definition) is 1. The van der Waals surface area contributed by atoms with Gasteiger partial charge < -0.3 is 19.3 Å². The molecule has 0 unspecified atom stereocenters. The largest absolute Gasteiger partial charge is 0.361 e. The maximum atomic E-state index is 12.7. The second-order valence-electron chi connectivity index (χ2n) is 14.6. The van der Waals surface area contributed by atoms with Gasteiger partial charge in [0.25, 0.3) is 5.91 Å². The van der Waals surface area contributed by atoms with Gasteiger partial charge in [0.15, 0.2) is 17.3 Å². The Hall–Kier alpha value is -3.64. The average molecular weight is 752 g/mol. The van der Waals surface area contributed by atoms with E-state index in [1.165, 1.54) is 4.90 Å². The molecule has 0 aliphatic carbocycles. The Balaban J connectivity index is 1.46. The summed E-state index contributed by atoms with van der Waals surface area (Å²) in [5, 5.41) is 8.26. The van der Waals surface area contributed by atoms with E-state index < -0.39 is 28.1 Å². The number of fused-ring (bicyclic) bond motifs is 3. The van der Waals surface area contributed by atoms with Crippen LogP contribution in [0.1, 0.15) is 0 Å². The molecule has 0 radical (unpaired) electrons. The van der Waals surface area contributed by atoms with Crippen LogP contribution in [-0.4, -0.2) is 92.3 Å². The van der Waals surface area contributed by atoms with Crippen LogP contribution in [0.15, 0.2) is 59.1 Å². The first-order valence-electron chi connectivity index (χ1n) is 16.2. The molecule has 2 aliphatic heterocycles. The van der Waals surface area contributed by atoms with E-state index in [9.17, 15) is 9.59 Å². The van der Waals surface area contributed by atoms with Crippen LogP contribution in [0.5, 0.6) is 0 Å². The molecule has 0 saturated carbocycles. The molecule has 1 aromatic carbocycles.